The van der Waals surface area contributed by atoms with Crippen LogP contribution < -0.4 is 0 Å². The monoisotopic (exact) mass is 212 g/mol. The molecule has 0 N–H and O–H groups in total. The van der Waals surface area contributed by atoms with Crippen molar-refractivity contribution in [2.24, 2.45) is 11.3 Å². The molecule has 1 unspecified atom stereocenters. The van der Waals surface area contributed by atoms with E-state index in [1.165, 1.54) is 0 Å². The molecule has 0 heterocycles. The van der Waals surface area contributed by atoms with Gasteiger partial charge < -0.3 is 0 Å². The molecule has 0 amide bonds. The first kappa shape index (κ1) is 14.3. The Labute approximate surface area is 93.4 Å². The normalized spacial score (nSPS) is 13.7. The molecule has 0 aliphatic carbocycles. The second kappa shape index (κ2) is 6.04. The molecule has 88 valence electrons. The van der Waals surface area contributed by atoms with Gasteiger partial charge in [-0.05, 0) is 19.3 Å². The molecule has 0 bridgehead atoms. The summed E-state index contributed by atoms with van der Waals surface area (Å²) in [7, 11) is 0. The van der Waals surface area contributed by atoms with Crippen LogP contribution in [0.25, 0.3) is 0 Å². The zero-order chi connectivity index (χ0) is 12.1. The SMILES string of the molecule is CCC(C)C(=O)CC(=O)C(C)(CC)CC. The zero-order valence-corrected chi connectivity index (χ0v) is 10.7. The predicted octanol–water partition coefficient (Wildman–Crippen LogP) is 3.39. The maximum atomic E-state index is 11.9. The van der Waals surface area contributed by atoms with E-state index in [-0.39, 0.29) is 29.3 Å². The lowest BCUT2D eigenvalue weighted by molar-refractivity contribution is -0.134. The van der Waals surface area contributed by atoms with Crippen LogP contribution in [-0.2, 0) is 9.59 Å². The Morgan fingerprint density at radius 1 is 1.13 bits per heavy atom. The zero-order valence-electron chi connectivity index (χ0n) is 10.7. The van der Waals surface area contributed by atoms with E-state index < -0.39 is 0 Å². The summed E-state index contributed by atoms with van der Waals surface area (Å²) in [4.78, 5) is 23.6. The molecule has 1 atom stereocenters. The number of Topliss-reactive ketones (excluding diaryl/α,β-unsaturated/α-hetero) is 2. The van der Waals surface area contributed by atoms with Crippen LogP contribution in [-0.4, -0.2) is 11.6 Å². The molecule has 2 nitrogen and oxygen atoms in total. The lowest BCUT2D eigenvalue weighted by atomic mass is 9.78. The highest BCUT2D eigenvalue weighted by molar-refractivity contribution is 6.02. The molecule has 2 heteroatoms. The first-order valence-corrected chi connectivity index (χ1v) is 5.97. The van der Waals surface area contributed by atoms with Gasteiger partial charge in [0.1, 0.15) is 11.6 Å². The Morgan fingerprint density at radius 2 is 1.60 bits per heavy atom. The van der Waals surface area contributed by atoms with E-state index in [0.29, 0.717) is 0 Å². The smallest absolute Gasteiger partial charge is 0.146 e. The number of carbonyl (C=O) groups is 2. The molecule has 0 aromatic heterocycles. The molecule has 15 heavy (non-hydrogen) atoms. The second-order valence-corrected chi connectivity index (χ2v) is 4.64. The average molecular weight is 212 g/mol. The number of ketones is 2. The van der Waals surface area contributed by atoms with Crippen LogP contribution in [0.15, 0.2) is 0 Å². The van der Waals surface area contributed by atoms with Crippen molar-refractivity contribution in [2.75, 3.05) is 0 Å². The molecular formula is C13H24O2. The fourth-order valence-electron chi connectivity index (χ4n) is 1.42. The minimum atomic E-state index is -0.302. The van der Waals surface area contributed by atoms with Crippen LogP contribution >= 0.6 is 0 Å². The van der Waals surface area contributed by atoms with E-state index in [4.69, 9.17) is 0 Å². The number of carbonyl (C=O) groups excluding carboxylic acids is 2. The van der Waals surface area contributed by atoms with E-state index in [1.54, 1.807) is 0 Å². The van der Waals surface area contributed by atoms with Gasteiger partial charge in [0.25, 0.3) is 0 Å². The van der Waals surface area contributed by atoms with Crippen molar-refractivity contribution >= 4 is 11.6 Å². The van der Waals surface area contributed by atoms with Gasteiger partial charge >= 0.3 is 0 Å². The van der Waals surface area contributed by atoms with E-state index in [9.17, 15) is 9.59 Å². The molecule has 0 rings (SSSR count). The van der Waals surface area contributed by atoms with Gasteiger partial charge in [0, 0.05) is 11.3 Å². The maximum Gasteiger partial charge on any atom is 0.146 e. The molecule has 0 aromatic carbocycles. The van der Waals surface area contributed by atoms with Gasteiger partial charge in [0.2, 0.25) is 0 Å². The standard InChI is InChI=1S/C13H24O2/c1-6-10(4)11(14)9-12(15)13(5,7-2)8-3/h10H,6-9H2,1-5H3. The summed E-state index contributed by atoms with van der Waals surface area (Å²) < 4.78 is 0. The van der Waals surface area contributed by atoms with Gasteiger partial charge in [-0.15, -0.1) is 0 Å². The fraction of sp³-hybridized carbons (Fsp3) is 0.846. The Kier molecular flexibility index (Phi) is 5.77. The summed E-state index contributed by atoms with van der Waals surface area (Å²) in [6.45, 7) is 9.85. The van der Waals surface area contributed by atoms with Crippen LogP contribution in [0.3, 0.4) is 0 Å². The van der Waals surface area contributed by atoms with Gasteiger partial charge in [0.05, 0.1) is 6.42 Å². The van der Waals surface area contributed by atoms with E-state index in [0.717, 1.165) is 19.3 Å². The summed E-state index contributed by atoms with van der Waals surface area (Å²) in [6, 6.07) is 0. The van der Waals surface area contributed by atoms with Crippen LogP contribution in [0.5, 0.6) is 0 Å². The molecule has 0 aliphatic rings. The maximum absolute atomic E-state index is 11.9. The van der Waals surface area contributed by atoms with Crippen LogP contribution in [0.2, 0.25) is 0 Å². The average Bonchev–Trinajstić information content (AvgIpc) is 2.26. The van der Waals surface area contributed by atoms with Crippen LogP contribution in [0, 0.1) is 11.3 Å². The molecule has 0 aliphatic heterocycles. The van der Waals surface area contributed by atoms with Gasteiger partial charge in [-0.2, -0.15) is 0 Å². The van der Waals surface area contributed by atoms with Crippen LogP contribution in [0.4, 0.5) is 0 Å². The molecule has 0 saturated heterocycles. The Morgan fingerprint density at radius 3 is 1.93 bits per heavy atom. The van der Waals surface area contributed by atoms with Crippen molar-refractivity contribution in [3.05, 3.63) is 0 Å². The van der Waals surface area contributed by atoms with Gasteiger partial charge in [-0.25, -0.2) is 0 Å². The second-order valence-electron chi connectivity index (χ2n) is 4.64. The molecule has 0 radical (unpaired) electrons. The highest BCUT2D eigenvalue weighted by Gasteiger charge is 2.30. The summed E-state index contributed by atoms with van der Waals surface area (Å²) in [6.07, 6.45) is 2.57. The Bertz CT molecular complexity index is 227. The summed E-state index contributed by atoms with van der Waals surface area (Å²) >= 11 is 0. The topological polar surface area (TPSA) is 34.1 Å². The quantitative estimate of drug-likeness (QED) is 0.606. The van der Waals surface area contributed by atoms with Gasteiger partial charge in [-0.3, -0.25) is 9.59 Å². The summed E-state index contributed by atoms with van der Waals surface area (Å²) in [5.41, 5.74) is -0.302. The van der Waals surface area contributed by atoms with Gasteiger partial charge in [0.15, 0.2) is 0 Å². The number of hydrogen-bond donors (Lipinski definition) is 0. The third-order valence-corrected chi connectivity index (χ3v) is 3.73. The molecule has 0 spiro atoms. The van der Waals surface area contributed by atoms with Crippen molar-refractivity contribution in [1.82, 2.24) is 0 Å². The minimum absolute atomic E-state index is 0.0203. The molecular weight excluding hydrogens is 188 g/mol. The number of rotatable bonds is 7. The lowest BCUT2D eigenvalue weighted by Gasteiger charge is -2.25. The summed E-state index contributed by atoms with van der Waals surface area (Å²) in [5, 5.41) is 0. The first-order chi connectivity index (χ1) is 6.91. The highest BCUT2D eigenvalue weighted by Crippen LogP contribution is 2.28. The van der Waals surface area contributed by atoms with Crippen molar-refractivity contribution in [1.29, 1.82) is 0 Å². The first-order valence-electron chi connectivity index (χ1n) is 5.97. The highest BCUT2D eigenvalue weighted by atomic mass is 16.1. The minimum Gasteiger partial charge on any atom is -0.299 e. The van der Waals surface area contributed by atoms with Crippen LogP contribution in [0.1, 0.15) is 60.3 Å². The largest absolute Gasteiger partial charge is 0.299 e. The Hall–Kier alpha value is -0.660. The third-order valence-electron chi connectivity index (χ3n) is 3.73. The predicted molar refractivity (Wildman–Crippen MR) is 62.8 cm³/mol. The Balaban J connectivity index is 4.42. The van der Waals surface area contributed by atoms with E-state index in [2.05, 4.69) is 0 Å². The van der Waals surface area contributed by atoms with Crippen molar-refractivity contribution in [3.63, 3.8) is 0 Å². The lowest BCUT2D eigenvalue weighted by Crippen LogP contribution is -2.29. The third kappa shape index (κ3) is 3.77. The van der Waals surface area contributed by atoms with Gasteiger partial charge in [-0.1, -0.05) is 34.6 Å². The van der Waals surface area contributed by atoms with E-state index in [1.807, 2.05) is 34.6 Å². The molecule has 0 saturated carbocycles. The van der Waals surface area contributed by atoms with Crippen molar-refractivity contribution in [3.8, 4) is 0 Å². The summed E-state index contributed by atoms with van der Waals surface area (Å²) in [5.74, 6) is 0.223. The fourth-order valence-corrected chi connectivity index (χ4v) is 1.42. The van der Waals surface area contributed by atoms with Crippen molar-refractivity contribution in [2.45, 2.75) is 60.3 Å². The van der Waals surface area contributed by atoms with Crippen molar-refractivity contribution < 1.29 is 9.59 Å². The number of hydrogen-bond acceptors (Lipinski definition) is 2. The van der Waals surface area contributed by atoms with E-state index >= 15 is 0 Å². The molecule has 0 aromatic rings. The molecule has 0 fully saturated rings.